The zero-order valence-corrected chi connectivity index (χ0v) is 15.5. The van der Waals surface area contributed by atoms with Crippen LogP contribution in [0.2, 0.25) is 0 Å². The standard InChI is InChI=1S/C16H19F3N6OS/c1-24-15(21-22-23-24)27-10-14(26)20-12-9-11(16(17,18)19)5-6-13(12)25-7-3-2-4-8-25/h5-6,9H,2-4,7-8,10H2,1H3,(H,20,26). The van der Waals surface area contributed by atoms with Crippen molar-refractivity contribution >= 4 is 29.0 Å². The van der Waals surface area contributed by atoms with E-state index in [4.69, 9.17) is 0 Å². The fourth-order valence-corrected chi connectivity index (χ4v) is 3.53. The van der Waals surface area contributed by atoms with Gasteiger partial charge in [0, 0.05) is 20.1 Å². The van der Waals surface area contributed by atoms with Crippen LogP contribution in [0.15, 0.2) is 23.4 Å². The Hall–Kier alpha value is -2.30. The number of piperidine rings is 1. The number of nitrogens with zero attached hydrogens (tertiary/aromatic N) is 5. The topological polar surface area (TPSA) is 75.9 Å². The Labute approximate surface area is 158 Å². The molecular formula is C16H19F3N6OS. The maximum Gasteiger partial charge on any atom is 0.416 e. The summed E-state index contributed by atoms with van der Waals surface area (Å²) in [7, 11) is 1.64. The van der Waals surface area contributed by atoms with Gasteiger partial charge in [-0.2, -0.15) is 13.2 Å². The van der Waals surface area contributed by atoms with Crippen molar-refractivity contribution < 1.29 is 18.0 Å². The minimum Gasteiger partial charge on any atom is -0.370 e. The highest BCUT2D eigenvalue weighted by Gasteiger charge is 2.31. The predicted octanol–water partition coefficient (Wildman–Crippen LogP) is 2.95. The van der Waals surface area contributed by atoms with Gasteiger partial charge in [-0.05, 0) is 47.9 Å². The Morgan fingerprint density at radius 3 is 2.63 bits per heavy atom. The first-order valence-corrected chi connectivity index (χ1v) is 9.44. The Bertz CT molecular complexity index is 804. The van der Waals surface area contributed by atoms with E-state index in [-0.39, 0.29) is 11.4 Å². The number of hydrogen-bond donors (Lipinski definition) is 1. The minimum atomic E-state index is -4.47. The Balaban J connectivity index is 1.77. The molecule has 0 bridgehead atoms. The highest BCUT2D eigenvalue weighted by atomic mass is 32.2. The van der Waals surface area contributed by atoms with Gasteiger partial charge in [0.25, 0.3) is 0 Å². The van der Waals surface area contributed by atoms with Crippen LogP contribution in [0.4, 0.5) is 24.5 Å². The van der Waals surface area contributed by atoms with Crippen LogP contribution in [-0.4, -0.2) is 45.0 Å². The second-order valence-electron chi connectivity index (χ2n) is 6.20. The zero-order valence-electron chi connectivity index (χ0n) is 14.7. The number of anilines is 2. The fraction of sp³-hybridized carbons (Fsp3) is 0.500. The third-order valence-electron chi connectivity index (χ3n) is 4.21. The van der Waals surface area contributed by atoms with Gasteiger partial charge >= 0.3 is 6.18 Å². The van der Waals surface area contributed by atoms with Gasteiger partial charge in [-0.25, -0.2) is 4.68 Å². The first kappa shape index (κ1) is 19.5. The zero-order chi connectivity index (χ0) is 19.4. The van der Waals surface area contributed by atoms with Gasteiger partial charge in [0.1, 0.15) is 0 Å². The van der Waals surface area contributed by atoms with E-state index in [0.29, 0.717) is 10.8 Å². The first-order valence-electron chi connectivity index (χ1n) is 8.46. The number of tetrazole rings is 1. The summed E-state index contributed by atoms with van der Waals surface area (Å²) < 4.78 is 40.7. The molecule has 1 N–H and O–H groups in total. The molecule has 0 spiro atoms. The van der Waals surface area contributed by atoms with Crippen molar-refractivity contribution in [1.29, 1.82) is 0 Å². The van der Waals surface area contributed by atoms with E-state index in [1.54, 1.807) is 7.05 Å². The number of aromatic nitrogens is 4. The number of rotatable bonds is 5. The van der Waals surface area contributed by atoms with Crippen LogP contribution in [0.3, 0.4) is 0 Å². The average Bonchev–Trinajstić information content (AvgIpc) is 3.05. The summed E-state index contributed by atoms with van der Waals surface area (Å²) in [5.41, 5.74) is -0.00139. The first-order chi connectivity index (χ1) is 12.8. The molecule has 1 amide bonds. The van der Waals surface area contributed by atoms with E-state index >= 15 is 0 Å². The molecule has 2 aromatic rings. The summed E-state index contributed by atoms with van der Waals surface area (Å²) in [6, 6.07) is 3.49. The quantitative estimate of drug-likeness (QED) is 0.778. The van der Waals surface area contributed by atoms with E-state index < -0.39 is 17.6 Å². The molecule has 1 saturated heterocycles. The molecule has 1 aromatic heterocycles. The third-order valence-corrected chi connectivity index (χ3v) is 5.22. The molecule has 3 rings (SSSR count). The molecule has 2 heterocycles. The number of hydrogen-bond acceptors (Lipinski definition) is 6. The lowest BCUT2D eigenvalue weighted by Gasteiger charge is -2.31. The molecule has 27 heavy (non-hydrogen) atoms. The normalized spacial score (nSPS) is 15.0. The Morgan fingerprint density at radius 1 is 1.26 bits per heavy atom. The molecule has 0 unspecified atom stereocenters. The van der Waals surface area contributed by atoms with E-state index in [1.807, 2.05) is 4.90 Å². The molecule has 1 aliphatic heterocycles. The molecule has 1 aliphatic rings. The van der Waals surface area contributed by atoms with Crippen LogP contribution in [0, 0.1) is 0 Å². The predicted molar refractivity (Wildman–Crippen MR) is 95.7 cm³/mol. The average molecular weight is 400 g/mol. The molecule has 0 radical (unpaired) electrons. The number of benzene rings is 1. The molecular weight excluding hydrogens is 381 g/mol. The van der Waals surface area contributed by atoms with E-state index in [0.717, 1.165) is 56.2 Å². The number of amides is 1. The number of carbonyl (C=O) groups is 1. The van der Waals surface area contributed by atoms with Crippen molar-refractivity contribution in [3.63, 3.8) is 0 Å². The highest BCUT2D eigenvalue weighted by molar-refractivity contribution is 7.99. The van der Waals surface area contributed by atoms with Crippen molar-refractivity contribution in [3.8, 4) is 0 Å². The summed E-state index contributed by atoms with van der Waals surface area (Å²) >= 11 is 1.11. The van der Waals surface area contributed by atoms with Crippen LogP contribution in [0.25, 0.3) is 0 Å². The van der Waals surface area contributed by atoms with Crippen molar-refractivity contribution in [2.45, 2.75) is 30.6 Å². The van der Waals surface area contributed by atoms with Crippen LogP contribution in [0.1, 0.15) is 24.8 Å². The maximum atomic E-state index is 13.1. The number of alkyl halides is 3. The van der Waals surface area contributed by atoms with Crippen molar-refractivity contribution in [2.75, 3.05) is 29.1 Å². The monoisotopic (exact) mass is 400 g/mol. The van der Waals surface area contributed by atoms with Crippen molar-refractivity contribution in [3.05, 3.63) is 23.8 Å². The van der Waals surface area contributed by atoms with Gasteiger partial charge < -0.3 is 10.2 Å². The fourth-order valence-electron chi connectivity index (χ4n) is 2.88. The molecule has 0 aliphatic carbocycles. The molecule has 0 atom stereocenters. The highest BCUT2D eigenvalue weighted by Crippen LogP contribution is 2.36. The third kappa shape index (κ3) is 4.90. The van der Waals surface area contributed by atoms with Crippen molar-refractivity contribution in [1.82, 2.24) is 20.2 Å². The van der Waals surface area contributed by atoms with Gasteiger partial charge in [0.2, 0.25) is 11.1 Å². The summed E-state index contributed by atoms with van der Waals surface area (Å²) in [5, 5.41) is 14.0. The van der Waals surface area contributed by atoms with E-state index in [9.17, 15) is 18.0 Å². The number of aryl methyl sites for hydroxylation is 1. The lowest BCUT2D eigenvalue weighted by atomic mass is 10.1. The minimum absolute atomic E-state index is 0.0100. The molecule has 0 saturated carbocycles. The maximum absolute atomic E-state index is 13.1. The molecule has 146 valence electrons. The lowest BCUT2D eigenvalue weighted by molar-refractivity contribution is -0.137. The SMILES string of the molecule is Cn1nnnc1SCC(=O)Nc1cc(C(F)(F)F)ccc1N1CCCCC1. The number of thioether (sulfide) groups is 1. The number of carbonyl (C=O) groups excluding carboxylic acids is 1. The second kappa shape index (κ2) is 8.15. The van der Waals surface area contributed by atoms with Crippen LogP contribution < -0.4 is 10.2 Å². The van der Waals surface area contributed by atoms with Gasteiger partial charge in [-0.15, -0.1) is 5.10 Å². The lowest BCUT2D eigenvalue weighted by Crippen LogP contribution is -2.30. The smallest absolute Gasteiger partial charge is 0.370 e. The summed E-state index contributed by atoms with van der Waals surface area (Å²) in [6.45, 7) is 1.52. The second-order valence-corrected chi connectivity index (χ2v) is 7.14. The van der Waals surface area contributed by atoms with Crippen LogP contribution >= 0.6 is 11.8 Å². The van der Waals surface area contributed by atoms with Gasteiger partial charge in [-0.1, -0.05) is 11.8 Å². The van der Waals surface area contributed by atoms with Crippen molar-refractivity contribution in [2.24, 2.45) is 7.05 Å². The largest absolute Gasteiger partial charge is 0.416 e. The molecule has 11 heteroatoms. The van der Waals surface area contributed by atoms with E-state index in [1.165, 1.54) is 10.7 Å². The summed E-state index contributed by atoms with van der Waals surface area (Å²) in [4.78, 5) is 14.3. The Morgan fingerprint density at radius 2 is 2.00 bits per heavy atom. The number of nitrogens with one attached hydrogen (secondary N) is 1. The Kier molecular flexibility index (Phi) is 5.88. The number of halogens is 3. The van der Waals surface area contributed by atoms with E-state index in [2.05, 4.69) is 20.8 Å². The van der Waals surface area contributed by atoms with Gasteiger partial charge in [-0.3, -0.25) is 4.79 Å². The molecule has 1 fully saturated rings. The van der Waals surface area contributed by atoms with Crippen LogP contribution in [0.5, 0.6) is 0 Å². The van der Waals surface area contributed by atoms with Gasteiger partial charge in [0.05, 0.1) is 22.7 Å². The molecule has 7 nitrogen and oxygen atoms in total. The van der Waals surface area contributed by atoms with Crippen LogP contribution in [-0.2, 0) is 18.0 Å². The summed E-state index contributed by atoms with van der Waals surface area (Å²) in [5.74, 6) is -0.426. The summed E-state index contributed by atoms with van der Waals surface area (Å²) in [6.07, 6.45) is -1.42. The molecule has 1 aromatic carbocycles. The van der Waals surface area contributed by atoms with Gasteiger partial charge in [0.15, 0.2) is 0 Å².